The van der Waals surface area contributed by atoms with Crippen molar-refractivity contribution in [2.45, 2.75) is 97.2 Å². The Morgan fingerprint density at radius 2 is 1.24 bits per heavy atom. The molecule has 0 aliphatic heterocycles. The molecule has 0 atom stereocenters. The van der Waals surface area contributed by atoms with Crippen molar-refractivity contribution < 1.29 is 9.47 Å². The van der Waals surface area contributed by atoms with E-state index in [-0.39, 0.29) is 0 Å². The lowest BCUT2D eigenvalue weighted by molar-refractivity contribution is -0.241. The molecule has 0 N–H and O–H groups in total. The van der Waals surface area contributed by atoms with E-state index in [0.717, 1.165) is 38.9 Å². The molecule has 2 nitrogen and oxygen atoms in total. The quantitative estimate of drug-likeness (QED) is 0.238. The van der Waals surface area contributed by atoms with Crippen molar-refractivity contribution in [1.29, 1.82) is 0 Å². The minimum absolute atomic E-state index is 0.448. The second-order valence-corrected chi connectivity index (χ2v) is 7.14. The highest BCUT2D eigenvalue weighted by Gasteiger charge is 2.31. The van der Waals surface area contributed by atoms with Crippen LogP contribution in [0.2, 0.25) is 0 Å². The van der Waals surface area contributed by atoms with E-state index in [9.17, 15) is 0 Å². The molecule has 0 heterocycles. The molecular weight excluding hydrogens is 308 g/mol. The van der Waals surface area contributed by atoms with Crippen molar-refractivity contribution in [3.63, 3.8) is 0 Å². The van der Waals surface area contributed by atoms with E-state index < -0.39 is 5.79 Å². The lowest BCUT2D eigenvalue weighted by atomic mass is 9.98. The zero-order chi connectivity index (χ0) is 18.2. The first-order chi connectivity index (χ1) is 12.3. The molecule has 1 aromatic rings. The summed E-state index contributed by atoms with van der Waals surface area (Å²) in [6, 6.07) is 10.6. The smallest absolute Gasteiger partial charge is 0.172 e. The maximum atomic E-state index is 6.31. The Morgan fingerprint density at radius 1 is 0.680 bits per heavy atom. The van der Waals surface area contributed by atoms with Crippen LogP contribution in [0.15, 0.2) is 30.3 Å². The predicted molar refractivity (Wildman–Crippen MR) is 108 cm³/mol. The monoisotopic (exact) mass is 348 g/mol. The van der Waals surface area contributed by atoms with Gasteiger partial charge in [-0.2, -0.15) is 0 Å². The van der Waals surface area contributed by atoms with Gasteiger partial charge in [-0.25, -0.2) is 0 Å². The van der Waals surface area contributed by atoms with Crippen molar-refractivity contribution in [3.8, 4) is 0 Å². The zero-order valence-electron chi connectivity index (χ0n) is 16.9. The van der Waals surface area contributed by atoms with Crippen molar-refractivity contribution >= 4 is 0 Å². The fourth-order valence-electron chi connectivity index (χ4n) is 3.21. The van der Waals surface area contributed by atoms with Crippen LogP contribution >= 0.6 is 0 Å². The zero-order valence-corrected chi connectivity index (χ0v) is 16.9. The van der Waals surface area contributed by atoms with Gasteiger partial charge in [0, 0.05) is 26.1 Å². The summed E-state index contributed by atoms with van der Waals surface area (Å²) in [6.07, 6.45) is 13.1. The Balaban J connectivity index is 2.60. The van der Waals surface area contributed by atoms with E-state index in [4.69, 9.17) is 9.47 Å². The fourth-order valence-corrected chi connectivity index (χ4v) is 3.21. The van der Waals surface area contributed by atoms with Crippen LogP contribution in [0, 0.1) is 0 Å². The van der Waals surface area contributed by atoms with E-state index >= 15 is 0 Å². The fraction of sp³-hybridized carbons (Fsp3) is 0.739. The third kappa shape index (κ3) is 10.0. The Labute approximate surface area is 156 Å². The number of rotatable bonds is 16. The number of ether oxygens (including phenoxy) is 2. The Hall–Kier alpha value is -0.860. The van der Waals surface area contributed by atoms with Crippen LogP contribution in [0.1, 0.15) is 90.5 Å². The highest BCUT2D eigenvalue weighted by molar-refractivity contribution is 5.16. The Bertz CT molecular complexity index is 394. The van der Waals surface area contributed by atoms with Gasteiger partial charge in [0.05, 0.1) is 0 Å². The first-order valence-electron chi connectivity index (χ1n) is 10.6. The lowest BCUT2D eigenvalue weighted by Gasteiger charge is -2.34. The Morgan fingerprint density at radius 3 is 1.80 bits per heavy atom. The summed E-state index contributed by atoms with van der Waals surface area (Å²) >= 11 is 0. The number of benzene rings is 1. The standard InChI is InChI=1S/C23H40O2/c1-4-7-8-9-10-11-15-18-23(24-19-5-2,25-20-6-3)21-22-16-13-12-14-17-22/h12-14,16-17H,4-11,15,18-21H2,1-3H3. The van der Waals surface area contributed by atoms with Crippen LogP contribution in [-0.2, 0) is 15.9 Å². The van der Waals surface area contributed by atoms with Gasteiger partial charge in [-0.15, -0.1) is 0 Å². The lowest BCUT2D eigenvalue weighted by Crippen LogP contribution is -2.39. The van der Waals surface area contributed by atoms with Crippen molar-refractivity contribution in [1.82, 2.24) is 0 Å². The first kappa shape index (κ1) is 22.2. The maximum Gasteiger partial charge on any atom is 0.172 e. The minimum Gasteiger partial charge on any atom is -0.350 e. The number of unbranched alkanes of at least 4 members (excludes halogenated alkanes) is 6. The average molecular weight is 349 g/mol. The Kier molecular flexibility index (Phi) is 12.7. The predicted octanol–water partition coefficient (Wildman–Crippen LogP) is 6.92. The molecule has 0 aliphatic carbocycles. The molecule has 0 bridgehead atoms. The molecule has 1 aromatic carbocycles. The molecule has 0 aromatic heterocycles. The van der Waals surface area contributed by atoms with Gasteiger partial charge in [-0.05, 0) is 24.8 Å². The van der Waals surface area contributed by atoms with Crippen LogP contribution in [0.25, 0.3) is 0 Å². The highest BCUT2D eigenvalue weighted by Crippen LogP contribution is 2.27. The second kappa shape index (κ2) is 14.3. The molecule has 2 heteroatoms. The van der Waals surface area contributed by atoms with Gasteiger partial charge in [0.25, 0.3) is 0 Å². The average Bonchev–Trinajstić information content (AvgIpc) is 2.64. The van der Waals surface area contributed by atoms with Gasteiger partial charge in [-0.1, -0.05) is 89.6 Å². The molecule has 0 saturated carbocycles. The molecule has 0 amide bonds. The summed E-state index contributed by atoms with van der Waals surface area (Å²) < 4.78 is 12.6. The van der Waals surface area contributed by atoms with E-state index in [1.54, 1.807) is 0 Å². The van der Waals surface area contributed by atoms with Crippen LogP contribution < -0.4 is 0 Å². The summed E-state index contributed by atoms with van der Waals surface area (Å²) in [5, 5.41) is 0. The second-order valence-electron chi connectivity index (χ2n) is 7.14. The molecule has 0 radical (unpaired) electrons. The molecular formula is C23H40O2. The maximum absolute atomic E-state index is 6.31. The van der Waals surface area contributed by atoms with Gasteiger partial charge in [0.15, 0.2) is 5.79 Å². The first-order valence-corrected chi connectivity index (χ1v) is 10.6. The van der Waals surface area contributed by atoms with E-state index in [1.807, 2.05) is 0 Å². The van der Waals surface area contributed by atoms with E-state index in [1.165, 1.54) is 50.5 Å². The molecule has 0 saturated heterocycles. The topological polar surface area (TPSA) is 18.5 Å². The molecule has 0 spiro atoms. The SMILES string of the molecule is CCCCCCCCCC(Cc1ccccc1)(OCCC)OCCC. The van der Waals surface area contributed by atoms with Gasteiger partial charge in [0.1, 0.15) is 0 Å². The van der Waals surface area contributed by atoms with Crippen LogP contribution in [0.4, 0.5) is 0 Å². The summed E-state index contributed by atoms with van der Waals surface area (Å²) in [5.74, 6) is -0.448. The highest BCUT2D eigenvalue weighted by atomic mass is 16.7. The van der Waals surface area contributed by atoms with Crippen LogP contribution in [-0.4, -0.2) is 19.0 Å². The van der Waals surface area contributed by atoms with Crippen LogP contribution in [0.3, 0.4) is 0 Å². The minimum atomic E-state index is -0.448. The largest absolute Gasteiger partial charge is 0.350 e. The van der Waals surface area contributed by atoms with E-state index in [0.29, 0.717) is 0 Å². The van der Waals surface area contributed by atoms with Crippen molar-refractivity contribution in [3.05, 3.63) is 35.9 Å². The normalized spacial score (nSPS) is 11.8. The van der Waals surface area contributed by atoms with Crippen molar-refractivity contribution in [2.24, 2.45) is 0 Å². The third-order valence-electron chi connectivity index (χ3n) is 4.62. The third-order valence-corrected chi connectivity index (χ3v) is 4.62. The van der Waals surface area contributed by atoms with Gasteiger partial charge in [0.2, 0.25) is 0 Å². The molecule has 144 valence electrons. The van der Waals surface area contributed by atoms with Gasteiger partial charge >= 0.3 is 0 Å². The summed E-state index contributed by atoms with van der Waals surface area (Å²) in [4.78, 5) is 0. The van der Waals surface area contributed by atoms with Gasteiger partial charge < -0.3 is 9.47 Å². The van der Waals surface area contributed by atoms with Gasteiger partial charge in [-0.3, -0.25) is 0 Å². The molecule has 0 aliphatic rings. The summed E-state index contributed by atoms with van der Waals surface area (Å²) in [5.41, 5.74) is 1.30. The number of hydrogen-bond donors (Lipinski definition) is 0. The molecule has 0 unspecified atom stereocenters. The van der Waals surface area contributed by atoms with Crippen LogP contribution in [0.5, 0.6) is 0 Å². The molecule has 1 rings (SSSR count). The number of hydrogen-bond acceptors (Lipinski definition) is 2. The van der Waals surface area contributed by atoms with E-state index in [2.05, 4.69) is 51.1 Å². The summed E-state index contributed by atoms with van der Waals surface area (Å²) in [7, 11) is 0. The molecule has 0 fully saturated rings. The molecule has 25 heavy (non-hydrogen) atoms. The van der Waals surface area contributed by atoms with Crippen molar-refractivity contribution in [2.75, 3.05) is 13.2 Å². The summed E-state index contributed by atoms with van der Waals surface area (Å²) in [6.45, 7) is 8.15.